The van der Waals surface area contributed by atoms with Gasteiger partial charge in [-0.25, -0.2) is 4.79 Å². The summed E-state index contributed by atoms with van der Waals surface area (Å²) in [7, 11) is 0. The lowest BCUT2D eigenvalue weighted by atomic mass is 9.86. The van der Waals surface area contributed by atoms with E-state index in [1.54, 1.807) is 0 Å². The Labute approximate surface area is 138 Å². The summed E-state index contributed by atoms with van der Waals surface area (Å²) in [5, 5.41) is 12.1. The van der Waals surface area contributed by atoms with E-state index < -0.39 is 5.97 Å². The Morgan fingerprint density at radius 1 is 1.22 bits per heavy atom. The molecule has 1 heterocycles. The van der Waals surface area contributed by atoms with Crippen molar-refractivity contribution in [3.63, 3.8) is 0 Å². The minimum atomic E-state index is -0.712. The van der Waals surface area contributed by atoms with Crippen molar-refractivity contribution in [2.75, 3.05) is 19.7 Å². The highest BCUT2D eigenvalue weighted by molar-refractivity contribution is 5.75. The van der Waals surface area contributed by atoms with Crippen LogP contribution in [0.5, 0.6) is 0 Å². The van der Waals surface area contributed by atoms with E-state index in [1.807, 2.05) is 4.90 Å². The number of nitrogens with one attached hydrogen (secondary N) is 1. The highest BCUT2D eigenvalue weighted by atomic mass is 16.5. The van der Waals surface area contributed by atoms with Crippen LogP contribution in [0.2, 0.25) is 0 Å². The standard InChI is InChI=1S/C17H30N2O4/c1-12(2)8-10-23-15-7-9-19(11-15)17(22)18-14-5-3-13(4-6-14)16(20)21/h12-15H,3-11H2,1-2H3,(H,18,22)(H,20,21). The molecule has 2 N–H and O–H groups in total. The summed E-state index contributed by atoms with van der Waals surface area (Å²) in [5.41, 5.74) is 0. The van der Waals surface area contributed by atoms with Crippen LogP contribution in [0.25, 0.3) is 0 Å². The summed E-state index contributed by atoms with van der Waals surface area (Å²) in [6, 6.07) is 0.0812. The van der Waals surface area contributed by atoms with Crippen molar-refractivity contribution in [2.45, 2.75) is 64.5 Å². The van der Waals surface area contributed by atoms with Crippen LogP contribution >= 0.6 is 0 Å². The van der Waals surface area contributed by atoms with Gasteiger partial charge in [0.15, 0.2) is 0 Å². The minimum Gasteiger partial charge on any atom is -0.481 e. The average molecular weight is 326 g/mol. The summed E-state index contributed by atoms with van der Waals surface area (Å²) in [6.45, 7) is 6.52. The van der Waals surface area contributed by atoms with Crippen LogP contribution in [-0.2, 0) is 9.53 Å². The Hall–Kier alpha value is -1.30. The van der Waals surface area contributed by atoms with E-state index in [1.165, 1.54) is 0 Å². The Kier molecular flexibility index (Phi) is 6.69. The number of amides is 2. The summed E-state index contributed by atoms with van der Waals surface area (Å²) in [6.07, 6.45) is 4.92. The van der Waals surface area contributed by atoms with Crippen LogP contribution in [0.4, 0.5) is 4.79 Å². The van der Waals surface area contributed by atoms with Crippen molar-refractivity contribution in [1.82, 2.24) is 10.2 Å². The first-order chi connectivity index (χ1) is 11.0. The molecule has 1 aliphatic heterocycles. The topological polar surface area (TPSA) is 78.9 Å². The minimum absolute atomic E-state index is 0.0289. The molecule has 0 aromatic rings. The molecule has 6 nitrogen and oxygen atoms in total. The van der Waals surface area contributed by atoms with E-state index in [9.17, 15) is 9.59 Å². The van der Waals surface area contributed by atoms with Gasteiger partial charge in [0.25, 0.3) is 0 Å². The van der Waals surface area contributed by atoms with E-state index in [-0.39, 0.29) is 24.1 Å². The quantitative estimate of drug-likeness (QED) is 0.786. The molecule has 1 saturated heterocycles. The third kappa shape index (κ3) is 5.68. The Bertz CT molecular complexity index is 405. The van der Waals surface area contributed by atoms with Gasteiger partial charge >= 0.3 is 12.0 Å². The molecule has 0 spiro atoms. The predicted molar refractivity (Wildman–Crippen MR) is 87.3 cm³/mol. The van der Waals surface area contributed by atoms with Gasteiger partial charge in [0, 0.05) is 25.7 Å². The zero-order chi connectivity index (χ0) is 16.8. The monoisotopic (exact) mass is 326 g/mol. The molecule has 2 amide bonds. The average Bonchev–Trinajstić information content (AvgIpc) is 2.96. The van der Waals surface area contributed by atoms with Crippen molar-refractivity contribution in [3.8, 4) is 0 Å². The molecule has 2 rings (SSSR count). The molecular weight excluding hydrogens is 296 g/mol. The lowest BCUT2D eigenvalue weighted by molar-refractivity contribution is -0.142. The highest BCUT2D eigenvalue weighted by Gasteiger charge is 2.30. The van der Waals surface area contributed by atoms with Crippen molar-refractivity contribution >= 4 is 12.0 Å². The smallest absolute Gasteiger partial charge is 0.317 e. The Morgan fingerprint density at radius 2 is 1.91 bits per heavy atom. The van der Waals surface area contributed by atoms with Crippen LogP contribution in [0.1, 0.15) is 52.4 Å². The molecule has 0 aromatic heterocycles. The van der Waals surface area contributed by atoms with Crippen LogP contribution in [0.3, 0.4) is 0 Å². The first-order valence-electron chi connectivity index (χ1n) is 8.85. The second kappa shape index (κ2) is 8.52. The fourth-order valence-corrected chi connectivity index (χ4v) is 3.27. The van der Waals surface area contributed by atoms with Crippen molar-refractivity contribution in [2.24, 2.45) is 11.8 Å². The number of urea groups is 1. The second-order valence-corrected chi connectivity index (χ2v) is 7.25. The number of carbonyl (C=O) groups excluding carboxylic acids is 1. The van der Waals surface area contributed by atoms with Crippen LogP contribution in [-0.4, -0.2) is 53.8 Å². The number of nitrogens with zero attached hydrogens (tertiary/aromatic N) is 1. The van der Waals surface area contributed by atoms with Gasteiger partial charge < -0.3 is 20.1 Å². The number of hydrogen-bond donors (Lipinski definition) is 2. The summed E-state index contributed by atoms with van der Waals surface area (Å²) in [5.74, 6) is -0.318. The lowest BCUT2D eigenvalue weighted by Gasteiger charge is -2.28. The van der Waals surface area contributed by atoms with E-state index in [4.69, 9.17) is 9.84 Å². The number of rotatable bonds is 6. The largest absolute Gasteiger partial charge is 0.481 e. The van der Waals surface area contributed by atoms with Gasteiger partial charge in [-0.15, -0.1) is 0 Å². The maximum Gasteiger partial charge on any atom is 0.317 e. The molecule has 1 atom stereocenters. The van der Waals surface area contributed by atoms with E-state index in [2.05, 4.69) is 19.2 Å². The van der Waals surface area contributed by atoms with Gasteiger partial charge in [-0.05, 0) is 44.4 Å². The van der Waals surface area contributed by atoms with Gasteiger partial charge in [0.1, 0.15) is 0 Å². The van der Waals surface area contributed by atoms with E-state index >= 15 is 0 Å². The highest BCUT2D eigenvalue weighted by Crippen LogP contribution is 2.25. The molecule has 0 aromatic carbocycles. The van der Waals surface area contributed by atoms with E-state index in [0.717, 1.165) is 38.8 Å². The molecular formula is C17H30N2O4. The third-order valence-corrected chi connectivity index (χ3v) is 4.89. The normalized spacial score (nSPS) is 28.1. The van der Waals surface area contributed by atoms with Crippen LogP contribution in [0, 0.1) is 11.8 Å². The maximum absolute atomic E-state index is 12.3. The molecule has 1 saturated carbocycles. The number of hydrogen-bond acceptors (Lipinski definition) is 3. The molecule has 6 heteroatoms. The number of carboxylic acid groups (broad SMARTS) is 1. The molecule has 1 aliphatic carbocycles. The third-order valence-electron chi connectivity index (χ3n) is 4.89. The maximum atomic E-state index is 12.3. The van der Waals surface area contributed by atoms with E-state index in [0.29, 0.717) is 25.3 Å². The predicted octanol–water partition coefficient (Wildman–Crippen LogP) is 2.48. The zero-order valence-corrected chi connectivity index (χ0v) is 14.3. The number of likely N-dealkylation sites (tertiary alicyclic amines) is 1. The summed E-state index contributed by atoms with van der Waals surface area (Å²) in [4.78, 5) is 25.1. The molecule has 23 heavy (non-hydrogen) atoms. The number of carbonyl (C=O) groups is 2. The number of aliphatic carboxylic acids is 1. The van der Waals surface area contributed by atoms with Crippen LogP contribution in [0.15, 0.2) is 0 Å². The first-order valence-corrected chi connectivity index (χ1v) is 8.85. The Balaban J connectivity index is 1.66. The molecule has 132 valence electrons. The molecule has 2 aliphatic rings. The zero-order valence-electron chi connectivity index (χ0n) is 14.3. The lowest BCUT2D eigenvalue weighted by Crippen LogP contribution is -2.45. The molecule has 2 fully saturated rings. The summed E-state index contributed by atoms with van der Waals surface area (Å²) < 4.78 is 5.84. The molecule has 0 radical (unpaired) electrons. The van der Waals surface area contributed by atoms with Crippen molar-refractivity contribution in [3.05, 3.63) is 0 Å². The number of ether oxygens (including phenoxy) is 1. The van der Waals surface area contributed by atoms with Gasteiger partial charge in [-0.2, -0.15) is 0 Å². The fourth-order valence-electron chi connectivity index (χ4n) is 3.27. The van der Waals surface area contributed by atoms with Gasteiger partial charge in [0.2, 0.25) is 0 Å². The SMILES string of the molecule is CC(C)CCOC1CCN(C(=O)NC2CCC(C(=O)O)CC2)C1. The Morgan fingerprint density at radius 3 is 2.52 bits per heavy atom. The number of carboxylic acids is 1. The summed E-state index contributed by atoms with van der Waals surface area (Å²) >= 11 is 0. The van der Waals surface area contributed by atoms with Gasteiger partial charge in [-0.1, -0.05) is 13.8 Å². The van der Waals surface area contributed by atoms with Crippen LogP contribution < -0.4 is 5.32 Å². The van der Waals surface area contributed by atoms with Gasteiger partial charge in [-0.3, -0.25) is 4.79 Å². The van der Waals surface area contributed by atoms with Crippen molar-refractivity contribution < 1.29 is 19.4 Å². The fraction of sp³-hybridized carbons (Fsp3) is 0.882. The first kappa shape index (κ1) is 18.0. The van der Waals surface area contributed by atoms with Gasteiger partial charge in [0.05, 0.1) is 12.0 Å². The van der Waals surface area contributed by atoms with Crippen molar-refractivity contribution in [1.29, 1.82) is 0 Å². The second-order valence-electron chi connectivity index (χ2n) is 7.25. The molecule has 0 bridgehead atoms. The molecule has 1 unspecified atom stereocenters.